The van der Waals surface area contributed by atoms with Gasteiger partial charge in [-0.1, -0.05) is 0 Å². The van der Waals surface area contributed by atoms with Crippen LogP contribution in [-0.2, 0) is 21.3 Å². The lowest BCUT2D eigenvalue weighted by Crippen LogP contribution is -2.31. The van der Waals surface area contributed by atoms with Gasteiger partial charge >= 0.3 is 5.97 Å². The maximum absolute atomic E-state index is 11.9. The Balaban J connectivity index is 1.86. The van der Waals surface area contributed by atoms with Crippen LogP contribution in [0.4, 0.5) is 0 Å². The smallest absolute Gasteiger partial charge is 0.371 e. The molecule has 112 valence electrons. The van der Waals surface area contributed by atoms with Gasteiger partial charge in [-0.2, -0.15) is 0 Å². The van der Waals surface area contributed by atoms with Gasteiger partial charge in [-0.25, -0.2) is 17.9 Å². The minimum absolute atomic E-state index is 0.0428. The van der Waals surface area contributed by atoms with Crippen molar-refractivity contribution in [1.29, 1.82) is 0 Å². The number of nitrogens with one attached hydrogen (secondary N) is 1. The number of sulfonamides is 1. The molecule has 0 bridgehead atoms. The van der Waals surface area contributed by atoms with Gasteiger partial charge in [0.15, 0.2) is 0 Å². The van der Waals surface area contributed by atoms with Crippen LogP contribution in [0.15, 0.2) is 16.5 Å². The first-order chi connectivity index (χ1) is 9.46. The van der Waals surface area contributed by atoms with Crippen LogP contribution >= 0.6 is 0 Å². The molecule has 1 fully saturated rings. The predicted octanol–water partition coefficient (Wildman–Crippen LogP) is 0.824. The number of hydrogen-bond donors (Lipinski definition) is 2. The molecule has 1 aliphatic heterocycles. The Bertz CT molecular complexity index is 558. The summed E-state index contributed by atoms with van der Waals surface area (Å²) < 4.78 is 36.4. The van der Waals surface area contributed by atoms with E-state index in [1.165, 1.54) is 12.1 Å². The minimum atomic E-state index is -3.40. The molecule has 0 amide bonds. The topological polar surface area (TPSA) is 106 Å². The second-order valence-electron chi connectivity index (χ2n) is 4.73. The van der Waals surface area contributed by atoms with Crippen LogP contribution in [0.2, 0.25) is 0 Å². The number of ether oxygens (including phenoxy) is 1. The molecule has 2 N–H and O–H groups in total. The van der Waals surface area contributed by atoms with Crippen LogP contribution in [0, 0.1) is 5.92 Å². The molecule has 20 heavy (non-hydrogen) atoms. The van der Waals surface area contributed by atoms with Crippen molar-refractivity contribution in [3.05, 3.63) is 23.7 Å². The van der Waals surface area contributed by atoms with Crippen LogP contribution in [0.1, 0.15) is 29.2 Å². The molecule has 0 aliphatic carbocycles. The molecular weight excluding hydrogens is 286 g/mol. The number of carboxylic acid groups (broad SMARTS) is 1. The molecule has 1 aliphatic rings. The quantitative estimate of drug-likeness (QED) is 0.806. The Hall–Kier alpha value is -1.38. The van der Waals surface area contributed by atoms with E-state index >= 15 is 0 Å². The zero-order valence-corrected chi connectivity index (χ0v) is 11.7. The molecule has 0 radical (unpaired) electrons. The molecule has 2 heterocycles. The highest BCUT2D eigenvalue weighted by Crippen LogP contribution is 2.16. The number of carbonyl (C=O) groups is 1. The summed E-state index contributed by atoms with van der Waals surface area (Å²) in [6, 6.07) is 2.74. The van der Waals surface area contributed by atoms with E-state index in [0.717, 1.165) is 12.8 Å². The van der Waals surface area contributed by atoms with Crippen LogP contribution in [0.5, 0.6) is 0 Å². The van der Waals surface area contributed by atoms with Gasteiger partial charge in [-0.3, -0.25) is 0 Å². The number of aromatic carboxylic acids is 1. The molecule has 0 aromatic carbocycles. The normalized spacial score (nSPS) is 17.2. The van der Waals surface area contributed by atoms with E-state index in [0.29, 0.717) is 13.2 Å². The molecule has 0 unspecified atom stereocenters. The molecule has 0 spiro atoms. The van der Waals surface area contributed by atoms with Crippen molar-refractivity contribution in [2.45, 2.75) is 19.4 Å². The van der Waals surface area contributed by atoms with Crippen molar-refractivity contribution in [2.75, 3.05) is 19.0 Å². The predicted molar refractivity (Wildman–Crippen MR) is 69.8 cm³/mol. The van der Waals surface area contributed by atoms with Crippen LogP contribution in [0.25, 0.3) is 0 Å². The SMILES string of the molecule is O=C(O)c1ccc(CNS(=O)(=O)CC2CCOCC2)o1. The third kappa shape index (κ3) is 4.32. The van der Waals surface area contributed by atoms with Gasteiger partial charge < -0.3 is 14.3 Å². The van der Waals surface area contributed by atoms with E-state index < -0.39 is 16.0 Å². The van der Waals surface area contributed by atoms with Gasteiger partial charge in [0, 0.05) is 13.2 Å². The highest BCUT2D eigenvalue weighted by molar-refractivity contribution is 7.89. The summed E-state index contributed by atoms with van der Waals surface area (Å²) in [5.41, 5.74) is 0. The summed E-state index contributed by atoms with van der Waals surface area (Å²) in [7, 11) is -3.40. The van der Waals surface area contributed by atoms with Crippen molar-refractivity contribution in [2.24, 2.45) is 5.92 Å². The zero-order chi connectivity index (χ0) is 14.6. The van der Waals surface area contributed by atoms with Crippen LogP contribution in [0.3, 0.4) is 0 Å². The van der Waals surface area contributed by atoms with Crippen molar-refractivity contribution in [3.8, 4) is 0 Å². The van der Waals surface area contributed by atoms with Gasteiger partial charge in [0.05, 0.1) is 12.3 Å². The molecular formula is C12H17NO6S. The number of hydrogen-bond acceptors (Lipinski definition) is 5. The summed E-state index contributed by atoms with van der Waals surface area (Å²) in [5, 5.41) is 8.70. The average molecular weight is 303 g/mol. The second kappa shape index (κ2) is 6.38. The second-order valence-corrected chi connectivity index (χ2v) is 6.58. The van der Waals surface area contributed by atoms with E-state index in [9.17, 15) is 13.2 Å². The lowest BCUT2D eigenvalue weighted by Gasteiger charge is -2.21. The first-order valence-electron chi connectivity index (χ1n) is 6.33. The third-order valence-corrected chi connectivity index (χ3v) is 4.63. The van der Waals surface area contributed by atoms with E-state index in [1.54, 1.807) is 0 Å². The summed E-state index contributed by atoms with van der Waals surface area (Å²) in [4.78, 5) is 10.6. The lowest BCUT2D eigenvalue weighted by molar-refractivity contribution is 0.0660. The Kier molecular flexibility index (Phi) is 4.79. The largest absolute Gasteiger partial charge is 0.475 e. The van der Waals surface area contributed by atoms with Gasteiger partial charge in [0.2, 0.25) is 15.8 Å². The maximum atomic E-state index is 11.9. The standard InChI is InChI=1S/C12H17NO6S/c14-12(15)11-2-1-10(19-11)7-13-20(16,17)8-9-3-5-18-6-4-9/h1-2,9,13H,3-8H2,(H,14,15). The van der Waals surface area contributed by atoms with Gasteiger partial charge in [-0.05, 0) is 30.9 Å². The van der Waals surface area contributed by atoms with Crippen LogP contribution in [-0.4, -0.2) is 38.5 Å². The number of furan rings is 1. The number of carboxylic acids is 1. The average Bonchev–Trinajstić information content (AvgIpc) is 2.86. The van der Waals surface area contributed by atoms with E-state index in [2.05, 4.69) is 4.72 Å². The minimum Gasteiger partial charge on any atom is -0.475 e. The highest BCUT2D eigenvalue weighted by atomic mass is 32.2. The maximum Gasteiger partial charge on any atom is 0.371 e. The summed E-state index contributed by atoms with van der Waals surface area (Å²) in [6.07, 6.45) is 1.48. The molecule has 0 atom stereocenters. The van der Waals surface area contributed by atoms with Crippen molar-refractivity contribution >= 4 is 16.0 Å². The first kappa shape index (κ1) is 15.0. The van der Waals surface area contributed by atoms with Gasteiger partial charge in [0.1, 0.15) is 5.76 Å². The Morgan fingerprint density at radius 1 is 1.35 bits per heavy atom. The molecule has 0 saturated carbocycles. The summed E-state index contributed by atoms with van der Waals surface area (Å²) in [6.45, 7) is 1.15. The monoisotopic (exact) mass is 303 g/mol. The Morgan fingerprint density at radius 2 is 2.05 bits per heavy atom. The van der Waals surface area contributed by atoms with Gasteiger partial charge in [0.25, 0.3) is 0 Å². The summed E-state index contributed by atoms with van der Waals surface area (Å²) >= 11 is 0. The molecule has 7 nitrogen and oxygen atoms in total. The first-order valence-corrected chi connectivity index (χ1v) is 7.98. The highest BCUT2D eigenvalue weighted by Gasteiger charge is 2.21. The van der Waals surface area contributed by atoms with Gasteiger partial charge in [-0.15, -0.1) is 0 Å². The fourth-order valence-electron chi connectivity index (χ4n) is 2.05. The zero-order valence-electron chi connectivity index (χ0n) is 10.9. The molecule has 1 aromatic rings. The molecule has 1 aromatic heterocycles. The third-order valence-electron chi connectivity index (χ3n) is 3.13. The van der Waals surface area contributed by atoms with E-state index in [1.807, 2.05) is 0 Å². The fourth-order valence-corrected chi connectivity index (χ4v) is 3.49. The Labute approximate surface area is 117 Å². The van der Waals surface area contributed by atoms with Crippen molar-refractivity contribution in [3.63, 3.8) is 0 Å². The fraction of sp³-hybridized carbons (Fsp3) is 0.583. The number of rotatable bonds is 6. The van der Waals surface area contributed by atoms with Crippen molar-refractivity contribution in [1.82, 2.24) is 4.72 Å². The molecule has 1 saturated heterocycles. The van der Waals surface area contributed by atoms with E-state index in [-0.39, 0.29) is 29.7 Å². The molecule has 2 rings (SSSR count). The molecule has 8 heteroatoms. The van der Waals surface area contributed by atoms with E-state index in [4.69, 9.17) is 14.3 Å². The summed E-state index contributed by atoms with van der Waals surface area (Å²) in [5.74, 6) is -0.946. The van der Waals surface area contributed by atoms with Crippen LogP contribution < -0.4 is 4.72 Å². The lowest BCUT2D eigenvalue weighted by atomic mass is 10.0. The Morgan fingerprint density at radius 3 is 2.65 bits per heavy atom. The van der Waals surface area contributed by atoms with Crippen molar-refractivity contribution < 1.29 is 27.5 Å².